The first-order valence-corrected chi connectivity index (χ1v) is 20.3. The number of aromatic carboxylic acids is 1. The number of fused-ring (bicyclic) bond motifs is 5. The molecule has 4 aliphatic rings. The van der Waals surface area contributed by atoms with Gasteiger partial charge in [0, 0.05) is 18.7 Å². The van der Waals surface area contributed by atoms with Gasteiger partial charge in [-0.25, -0.2) is 9.18 Å². The molecule has 7 nitrogen and oxygen atoms in total. The lowest BCUT2D eigenvalue weighted by Gasteiger charge is -2.72. The van der Waals surface area contributed by atoms with Crippen LogP contribution in [0.3, 0.4) is 0 Å². The largest absolute Gasteiger partial charge is 0.478 e. The Morgan fingerprint density at radius 3 is 2.30 bits per heavy atom. The second kappa shape index (κ2) is 14.4. The summed E-state index contributed by atoms with van der Waals surface area (Å²) in [5, 5.41) is 26.3. The van der Waals surface area contributed by atoms with E-state index in [0.29, 0.717) is 41.8 Å². The Hall–Kier alpha value is -3.26. The van der Waals surface area contributed by atoms with E-state index in [-0.39, 0.29) is 57.6 Å². The topological polar surface area (TPSA) is 116 Å². The molecule has 0 heterocycles. The summed E-state index contributed by atoms with van der Waals surface area (Å²) < 4.78 is 14.1. The summed E-state index contributed by atoms with van der Waals surface area (Å²) in [6, 6.07) is 11.3. The zero-order valence-electron chi connectivity index (χ0n) is 33.1. The third-order valence-electron chi connectivity index (χ3n) is 16.2. The SMILES string of the molecule is CCCC1(C(=O)NCc2cccc(C(=O)NCCc3ccc(C(=O)O)c(F)c3)c2)CC[C@]2(C)C(CCC3C4(C)CCC(O)C(C)(C)C4CCC32C)C1C. The van der Waals surface area contributed by atoms with Crippen LogP contribution in [-0.4, -0.2) is 40.6 Å². The first-order chi connectivity index (χ1) is 24.9. The highest BCUT2D eigenvalue weighted by atomic mass is 19.1. The fourth-order valence-electron chi connectivity index (χ4n) is 13.1. The van der Waals surface area contributed by atoms with Crippen molar-refractivity contribution in [2.24, 2.45) is 50.7 Å². The average Bonchev–Trinajstić information content (AvgIpc) is 3.11. The van der Waals surface area contributed by atoms with E-state index in [1.165, 1.54) is 31.4 Å². The van der Waals surface area contributed by atoms with Gasteiger partial charge >= 0.3 is 5.97 Å². The Kier molecular flexibility index (Phi) is 10.7. The minimum atomic E-state index is -1.31. The lowest BCUT2D eigenvalue weighted by molar-refractivity contribution is -0.246. The molecule has 4 fully saturated rings. The van der Waals surface area contributed by atoms with E-state index in [4.69, 9.17) is 5.11 Å². The Bertz CT molecular complexity index is 1730. The molecule has 4 saturated carbocycles. The highest BCUT2D eigenvalue weighted by Gasteiger charge is 2.69. The number of carboxylic acid groups (broad SMARTS) is 1. The Morgan fingerprint density at radius 1 is 0.849 bits per heavy atom. The summed E-state index contributed by atoms with van der Waals surface area (Å²) in [5.74, 6) is -0.361. The maximum atomic E-state index is 14.5. The smallest absolute Gasteiger partial charge is 0.338 e. The van der Waals surface area contributed by atoms with E-state index < -0.39 is 17.2 Å². The maximum Gasteiger partial charge on any atom is 0.338 e. The van der Waals surface area contributed by atoms with Crippen molar-refractivity contribution in [2.75, 3.05) is 6.54 Å². The Labute approximate surface area is 316 Å². The van der Waals surface area contributed by atoms with Crippen LogP contribution in [-0.2, 0) is 17.8 Å². The van der Waals surface area contributed by atoms with Crippen molar-refractivity contribution in [1.82, 2.24) is 10.6 Å². The second-order valence-corrected chi connectivity index (χ2v) is 18.7. The average molecular weight is 731 g/mol. The quantitative estimate of drug-likeness (QED) is 0.195. The van der Waals surface area contributed by atoms with Crippen molar-refractivity contribution in [1.29, 1.82) is 0 Å². The highest BCUT2D eigenvalue weighted by Crippen LogP contribution is 2.75. The van der Waals surface area contributed by atoms with Crippen LogP contribution in [0, 0.1) is 56.6 Å². The molecule has 53 heavy (non-hydrogen) atoms. The second-order valence-electron chi connectivity index (χ2n) is 18.7. The zero-order valence-corrected chi connectivity index (χ0v) is 33.1. The van der Waals surface area contributed by atoms with Gasteiger partial charge in [-0.05, 0) is 145 Å². The molecule has 4 N–H and O–H groups in total. The van der Waals surface area contributed by atoms with Crippen molar-refractivity contribution < 1.29 is 29.0 Å². The van der Waals surface area contributed by atoms with Gasteiger partial charge in [-0.15, -0.1) is 0 Å². The van der Waals surface area contributed by atoms with Crippen LogP contribution in [0.4, 0.5) is 4.39 Å². The lowest BCUT2D eigenvalue weighted by atomic mass is 9.32. The highest BCUT2D eigenvalue weighted by molar-refractivity contribution is 5.94. The van der Waals surface area contributed by atoms with Gasteiger partial charge < -0.3 is 20.8 Å². The van der Waals surface area contributed by atoms with Gasteiger partial charge in [0.1, 0.15) is 5.82 Å². The van der Waals surface area contributed by atoms with Gasteiger partial charge in [-0.2, -0.15) is 0 Å². The molecule has 0 radical (unpaired) electrons. The van der Waals surface area contributed by atoms with E-state index in [1.54, 1.807) is 12.1 Å². The van der Waals surface area contributed by atoms with Crippen molar-refractivity contribution in [3.8, 4) is 0 Å². The molecule has 0 spiro atoms. The van der Waals surface area contributed by atoms with Crippen molar-refractivity contribution in [3.05, 3.63) is 70.5 Å². The summed E-state index contributed by atoms with van der Waals surface area (Å²) in [6.45, 7) is 17.5. The minimum absolute atomic E-state index is 0.0647. The molecule has 0 aliphatic heterocycles. The first-order valence-electron chi connectivity index (χ1n) is 20.3. The lowest BCUT2D eigenvalue weighted by Crippen LogP contribution is -2.67. The number of aliphatic hydroxyl groups is 1. The fourth-order valence-corrected chi connectivity index (χ4v) is 13.1. The van der Waals surface area contributed by atoms with E-state index in [2.05, 4.69) is 59.1 Å². The van der Waals surface area contributed by atoms with Gasteiger partial charge in [-0.1, -0.05) is 73.1 Å². The summed E-state index contributed by atoms with van der Waals surface area (Å²) in [7, 11) is 0. The number of amides is 2. The fraction of sp³-hybridized carbons (Fsp3) is 0.667. The number of carbonyl (C=O) groups excluding carboxylic acids is 2. The molecule has 0 saturated heterocycles. The zero-order chi connectivity index (χ0) is 38.6. The van der Waals surface area contributed by atoms with Crippen LogP contribution in [0.15, 0.2) is 42.5 Å². The predicted octanol–water partition coefficient (Wildman–Crippen LogP) is 8.97. The normalized spacial score (nSPS) is 36.0. The molecule has 6 rings (SSSR count). The van der Waals surface area contributed by atoms with Gasteiger partial charge in [0.25, 0.3) is 5.91 Å². The number of aliphatic hydroxyl groups excluding tert-OH is 1. The molecule has 9 atom stereocenters. The molecule has 2 aromatic carbocycles. The standard InChI is InChI=1S/C45H63FN2O5/c1-8-19-45(40(53)48-27-30-10-9-11-31(25-30)38(50)47-24-18-29-12-13-32(39(51)52)34(46)26-29)23-22-43(6)33(28(45)2)14-15-36-42(5)20-17-37(49)41(3,4)35(42)16-21-44(36,43)7/h9-13,25-26,28,33,35-37,49H,8,14-24,27H2,1-7H3,(H,47,50)(H,48,53)(H,51,52)/t28?,33?,35?,36?,37?,42?,43-,44?,45?/m1/s1. The van der Waals surface area contributed by atoms with Crippen LogP contribution in [0.2, 0.25) is 0 Å². The number of nitrogens with one attached hydrogen (secondary N) is 2. The third kappa shape index (κ3) is 6.53. The molecule has 2 amide bonds. The van der Waals surface area contributed by atoms with E-state index in [9.17, 15) is 23.9 Å². The minimum Gasteiger partial charge on any atom is -0.478 e. The Balaban J connectivity index is 1.11. The van der Waals surface area contributed by atoms with Crippen LogP contribution in [0.25, 0.3) is 0 Å². The molecular weight excluding hydrogens is 668 g/mol. The predicted molar refractivity (Wildman–Crippen MR) is 206 cm³/mol. The third-order valence-corrected chi connectivity index (χ3v) is 16.2. The number of carbonyl (C=O) groups is 3. The number of benzene rings is 2. The number of hydrogen-bond donors (Lipinski definition) is 4. The van der Waals surface area contributed by atoms with Crippen LogP contribution < -0.4 is 10.6 Å². The monoisotopic (exact) mass is 730 g/mol. The van der Waals surface area contributed by atoms with E-state index in [1.807, 2.05) is 18.2 Å². The number of rotatable bonds is 10. The summed E-state index contributed by atoms with van der Waals surface area (Å²) in [6.07, 6.45) is 10.6. The maximum absolute atomic E-state index is 14.5. The van der Waals surface area contributed by atoms with Crippen LogP contribution >= 0.6 is 0 Å². The van der Waals surface area contributed by atoms with E-state index >= 15 is 0 Å². The number of halogens is 1. The van der Waals surface area contributed by atoms with Crippen molar-refractivity contribution in [2.45, 2.75) is 132 Å². The Morgan fingerprint density at radius 2 is 1.60 bits per heavy atom. The summed E-state index contributed by atoms with van der Waals surface area (Å²) in [4.78, 5) is 38.6. The van der Waals surface area contributed by atoms with Gasteiger partial charge in [0.05, 0.1) is 17.1 Å². The molecule has 8 unspecified atom stereocenters. The molecular formula is C45H63FN2O5. The summed E-state index contributed by atoms with van der Waals surface area (Å²) in [5.41, 5.74) is 1.64. The summed E-state index contributed by atoms with van der Waals surface area (Å²) >= 11 is 0. The van der Waals surface area contributed by atoms with E-state index in [0.717, 1.165) is 50.5 Å². The molecule has 0 bridgehead atoms. The number of carboxylic acids is 1. The molecule has 290 valence electrons. The molecule has 0 aromatic heterocycles. The molecule has 2 aromatic rings. The van der Waals surface area contributed by atoms with Gasteiger partial charge in [-0.3, -0.25) is 9.59 Å². The van der Waals surface area contributed by atoms with Crippen LogP contribution in [0.1, 0.15) is 145 Å². The van der Waals surface area contributed by atoms with Gasteiger partial charge in [0.2, 0.25) is 5.91 Å². The first kappa shape index (κ1) is 39.4. The van der Waals surface area contributed by atoms with Gasteiger partial charge in [0.15, 0.2) is 0 Å². The molecule has 8 heteroatoms. The number of hydrogen-bond acceptors (Lipinski definition) is 4. The van der Waals surface area contributed by atoms with Crippen molar-refractivity contribution >= 4 is 17.8 Å². The molecule has 4 aliphatic carbocycles. The van der Waals surface area contributed by atoms with Crippen molar-refractivity contribution in [3.63, 3.8) is 0 Å². The van der Waals surface area contributed by atoms with Crippen LogP contribution in [0.5, 0.6) is 0 Å².